The van der Waals surface area contributed by atoms with E-state index in [4.69, 9.17) is 14.2 Å². The molecule has 2 aromatic rings. The SMILES string of the molecule is O=C(Cc1ccncc1)N1C[C@H]2C[C@@H](Oc3ccc4c(c3)OCO4)[C@H](O)C[C@H]2C1. The number of nitrogens with zero attached hydrogens (tertiary/aromatic N) is 2. The van der Waals surface area contributed by atoms with Crippen LogP contribution in [0, 0.1) is 11.8 Å². The Morgan fingerprint density at radius 2 is 1.86 bits per heavy atom. The molecule has 7 nitrogen and oxygen atoms in total. The monoisotopic (exact) mass is 396 g/mol. The van der Waals surface area contributed by atoms with Crippen LogP contribution >= 0.6 is 0 Å². The molecule has 1 N–H and O–H groups in total. The highest BCUT2D eigenvalue weighted by molar-refractivity contribution is 5.79. The fraction of sp³-hybridized carbons (Fsp3) is 0.455. The molecule has 3 aliphatic rings. The van der Waals surface area contributed by atoms with Crippen LogP contribution in [0.25, 0.3) is 0 Å². The second-order valence-corrected chi connectivity index (χ2v) is 8.06. The van der Waals surface area contributed by atoms with E-state index in [1.165, 1.54) is 0 Å². The summed E-state index contributed by atoms with van der Waals surface area (Å²) in [5, 5.41) is 10.6. The first-order chi connectivity index (χ1) is 14.2. The van der Waals surface area contributed by atoms with E-state index < -0.39 is 6.10 Å². The van der Waals surface area contributed by atoms with Crippen LogP contribution in [0.1, 0.15) is 18.4 Å². The Morgan fingerprint density at radius 1 is 1.10 bits per heavy atom. The van der Waals surface area contributed by atoms with Gasteiger partial charge in [0, 0.05) is 31.5 Å². The van der Waals surface area contributed by atoms with E-state index in [9.17, 15) is 9.90 Å². The smallest absolute Gasteiger partial charge is 0.231 e. The Hall–Kier alpha value is -2.80. The molecule has 0 bridgehead atoms. The van der Waals surface area contributed by atoms with Crippen LogP contribution in [0.15, 0.2) is 42.7 Å². The maximum atomic E-state index is 12.7. The molecular formula is C22H24N2O5. The topological polar surface area (TPSA) is 81.1 Å². The van der Waals surface area contributed by atoms with Gasteiger partial charge in [0.15, 0.2) is 11.5 Å². The Labute approximate surface area is 169 Å². The van der Waals surface area contributed by atoms with E-state index in [1.54, 1.807) is 18.5 Å². The number of carbonyl (C=O) groups excluding carboxylic acids is 1. The highest BCUT2D eigenvalue weighted by Crippen LogP contribution is 2.40. The quantitative estimate of drug-likeness (QED) is 0.852. The molecule has 1 aromatic carbocycles. The number of likely N-dealkylation sites (tertiary alicyclic amines) is 1. The van der Waals surface area contributed by atoms with Gasteiger partial charge in [0.25, 0.3) is 0 Å². The molecule has 0 radical (unpaired) electrons. The van der Waals surface area contributed by atoms with Gasteiger partial charge in [-0.05, 0) is 54.5 Å². The summed E-state index contributed by atoms with van der Waals surface area (Å²) >= 11 is 0. The number of ether oxygens (including phenoxy) is 3. The van der Waals surface area contributed by atoms with Crippen molar-refractivity contribution in [1.82, 2.24) is 9.88 Å². The summed E-state index contributed by atoms with van der Waals surface area (Å²) in [6.07, 6.45) is 4.37. The standard InChI is InChI=1S/C22H24N2O5/c25-18-8-15-11-24(22(26)7-14-3-5-23-6-4-14)12-16(15)9-20(18)29-17-1-2-19-21(10-17)28-13-27-19/h1-6,10,15-16,18,20,25H,7-9,11-13H2/t15-,16+,18+,20+/m0/s1. The summed E-state index contributed by atoms with van der Waals surface area (Å²) in [7, 11) is 0. The van der Waals surface area contributed by atoms with Gasteiger partial charge in [0.1, 0.15) is 11.9 Å². The highest BCUT2D eigenvalue weighted by Gasteiger charge is 2.43. The van der Waals surface area contributed by atoms with E-state index in [2.05, 4.69) is 4.98 Å². The average molecular weight is 396 g/mol. The number of aliphatic hydroxyl groups excluding tert-OH is 1. The number of hydrogen-bond acceptors (Lipinski definition) is 6. The molecule has 7 heteroatoms. The first-order valence-electron chi connectivity index (χ1n) is 10.1. The number of benzene rings is 1. The van der Waals surface area contributed by atoms with Crippen molar-refractivity contribution in [3.8, 4) is 17.2 Å². The molecule has 4 atom stereocenters. The molecule has 0 spiro atoms. The zero-order valence-corrected chi connectivity index (χ0v) is 16.1. The van der Waals surface area contributed by atoms with Crippen molar-refractivity contribution in [2.24, 2.45) is 11.8 Å². The maximum Gasteiger partial charge on any atom is 0.231 e. The van der Waals surface area contributed by atoms with Crippen LogP contribution < -0.4 is 14.2 Å². The van der Waals surface area contributed by atoms with Gasteiger partial charge in [0.05, 0.1) is 12.5 Å². The molecule has 2 aliphatic heterocycles. The van der Waals surface area contributed by atoms with Crippen LogP contribution in [0.5, 0.6) is 17.2 Å². The molecule has 1 aliphatic carbocycles. The molecule has 3 heterocycles. The lowest BCUT2D eigenvalue weighted by molar-refractivity contribution is -0.129. The maximum absolute atomic E-state index is 12.7. The lowest BCUT2D eigenvalue weighted by Crippen LogP contribution is -2.42. The minimum Gasteiger partial charge on any atom is -0.488 e. The molecule has 0 unspecified atom stereocenters. The van der Waals surface area contributed by atoms with Crippen molar-refractivity contribution in [3.05, 3.63) is 48.3 Å². The normalized spacial score (nSPS) is 27.6. The highest BCUT2D eigenvalue weighted by atomic mass is 16.7. The molecular weight excluding hydrogens is 372 g/mol. The summed E-state index contributed by atoms with van der Waals surface area (Å²) < 4.78 is 16.8. The molecule has 152 valence electrons. The third-order valence-electron chi connectivity index (χ3n) is 6.17. The van der Waals surface area contributed by atoms with E-state index >= 15 is 0 Å². The number of carbonyl (C=O) groups is 1. The number of aliphatic hydroxyl groups is 1. The number of hydrogen-bond donors (Lipinski definition) is 1. The first kappa shape index (κ1) is 18.2. The predicted molar refractivity (Wildman–Crippen MR) is 104 cm³/mol. The molecule has 1 saturated heterocycles. The number of fused-ring (bicyclic) bond motifs is 2. The Morgan fingerprint density at radius 3 is 2.69 bits per heavy atom. The van der Waals surface area contributed by atoms with Gasteiger partial charge in [-0.3, -0.25) is 9.78 Å². The van der Waals surface area contributed by atoms with Gasteiger partial charge >= 0.3 is 0 Å². The summed E-state index contributed by atoms with van der Waals surface area (Å²) in [5.41, 5.74) is 0.976. The summed E-state index contributed by atoms with van der Waals surface area (Å²) in [5.74, 6) is 2.84. The first-order valence-corrected chi connectivity index (χ1v) is 10.1. The fourth-order valence-electron chi connectivity index (χ4n) is 4.63. The Balaban J connectivity index is 1.21. The largest absolute Gasteiger partial charge is 0.488 e. The minimum absolute atomic E-state index is 0.133. The van der Waals surface area contributed by atoms with Crippen LogP contribution in [0.3, 0.4) is 0 Å². The molecule has 1 amide bonds. The molecule has 2 fully saturated rings. The predicted octanol–water partition coefficient (Wildman–Crippen LogP) is 2.03. The third kappa shape index (κ3) is 3.74. The minimum atomic E-state index is -0.545. The molecule has 29 heavy (non-hydrogen) atoms. The Bertz CT molecular complexity index is 890. The summed E-state index contributed by atoms with van der Waals surface area (Å²) in [6.45, 7) is 1.66. The van der Waals surface area contributed by atoms with Crippen LogP contribution in [-0.4, -0.2) is 53.0 Å². The van der Waals surface area contributed by atoms with E-state index in [-0.39, 0.29) is 18.8 Å². The molecule has 5 rings (SSSR count). The average Bonchev–Trinajstić information content (AvgIpc) is 3.35. The van der Waals surface area contributed by atoms with Crippen LogP contribution in [0.4, 0.5) is 0 Å². The number of amides is 1. The number of aromatic nitrogens is 1. The fourth-order valence-corrected chi connectivity index (χ4v) is 4.63. The summed E-state index contributed by atoms with van der Waals surface area (Å²) in [4.78, 5) is 18.6. The van der Waals surface area contributed by atoms with Crippen LogP contribution in [-0.2, 0) is 11.2 Å². The van der Waals surface area contributed by atoms with Crippen molar-refractivity contribution in [3.63, 3.8) is 0 Å². The van der Waals surface area contributed by atoms with Crippen molar-refractivity contribution in [1.29, 1.82) is 0 Å². The molecule has 1 saturated carbocycles. The second-order valence-electron chi connectivity index (χ2n) is 8.06. The van der Waals surface area contributed by atoms with Crippen molar-refractivity contribution in [2.75, 3.05) is 19.9 Å². The van der Waals surface area contributed by atoms with Crippen molar-refractivity contribution >= 4 is 5.91 Å². The van der Waals surface area contributed by atoms with Crippen molar-refractivity contribution in [2.45, 2.75) is 31.5 Å². The van der Waals surface area contributed by atoms with Crippen molar-refractivity contribution < 1.29 is 24.1 Å². The van der Waals surface area contributed by atoms with Gasteiger partial charge in [-0.15, -0.1) is 0 Å². The van der Waals surface area contributed by atoms with Gasteiger partial charge in [0.2, 0.25) is 12.7 Å². The zero-order valence-electron chi connectivity index (χ0n) is 16.1. The lowest BCUT2D eigenvalue weighted by Gasteiger charge is -2.35. The summed E-state index contributed by atoms with van der Waals surface area (Å²) in [6, 6.07) is 9.22. The number of rotatable bonds is 4. The molecule has 1 aromatic heterocycles. The van der Waals surface area contributed by atoms with E-state index in [0.717, 1.165) is 18.5 Å². The van der Waals surface area contributed by atoms with Gasteiger partial charge in [-0.1, -0.05) is 0 Å². The van der Waals surface area contributed by atoms with Crippen LogP contribution in [0.2, 0.25) is 0 Å². The lowest BCUT2D eigenvalue weighted by atomic mass is 9.78. The van der Waals surface area contributed by atoms with Gasteiger partial charge < -0.3 is 24.2 Å². The Kier molecular flexibility index (Phi) is 4.75. The number of pyridine rings is 1. The second kappa shape index (κ2) is 7.55. The van der Waals surface area contributed by atoms with E-state index in [1.807, 2.05) is 29.2 Å². The zero-order chi connectivity index (χ0) is 19.8. The van der Waals surface area contributed by atoms with Gasteiger partial charge in [-0.2, -0.15) is 0 Å². The third-order valence-corrected chi connectivity index (χ3v) is 6.17. The van der Waals surface area contributed by atoms with E-state index in [0.29, 0.717) is 48.5 Å². The van der Waals surface area contributed by atoms with Gasteiger partial charge in [-0.25, -0.2) is 0 Å².